The Labute approximate surface area is 148 Å². The van der Waals surface area contributed by atoms with E-state index in [-0.39, 0.29) is 5.91 Å². The van der Waals surface area contributed by atoms with Crippen LogP contribution in [0.3, 0.4) is 0 Å². The van der Waals surface area contributed by atoms with Crippen molar-refractivity contribution in [2.75, 3.05) is 12.3 Å². The maximum absolute atomic E-state index is 12.4. The van der Waals surface area contributed by atoms with Gasteiger partial charge in [-0.1, -0.05) is 42.1 Å². The van der Waals surface area contributed by atoms with E-state index < -0.39 is 0 Å². The van der Waals surface area contributed by atoms with Crippen molar-refractivity contribution in [3.63, 3.8) is 0 Å². The Hall–Kier alpha value is -1.75. The summed E-state index contributed by atoms with van der Waals surface area (Å²) in [5, 5.41) is 0.844. The summed E-state index contributed by atoms with van der Waals surface area (Å²) in [5.74, 6) is 0.688. The van der Waals surface area contributed by atoms with Gasteiger partial charge in [-0.25, -0.2) is 4.98 Å². The van der Waals surface area contributed by atoms with Gasteiger partial charge in [0.05, 0.1) is 11.4 Å². The Kier molecular flexibility index (Phi) is 5.61. The van der Waals surface area contributed by atoms with Crippen LogP contribution < -0.4 is 0 Å². The highest BCUT2D eigenvalue weighted by Crippen LogP contribution is 2.22. The summed E-state index contributed by atoms with van der Waals surface area (Å²) >= 11 is 1.51. The summed E-state index contributed by atoms with van der Waals surface area (Å²) in [7, 11) is 0. The summed E-state index contributed by atoms with van der Waals surface area (Å²) in [6, 6.07) is 10.7. The first-order valence-corrected chi connectivity index (χ1v) is 9.63. The maximum atomic E-state index is 12.4. The Morgan fingerprint density at radius 1 is 1.33 bits per heavy atom. The van der Waals surface area contributed by atoms with Crippen molar-refractivity contribution in [2.24, 2.45) is 0 Å². The summed E-state index contributed by atoms with van der Waals surface area (Å²) in [6.07, 6.45) is 4.30. The zero-order valence-corrected chi connectivity index (χ0v) is 15.2. The number of nitrogens with one attached hydrogen (secondary N) is 1. The molecule has 1 aliphatic heterocycles. The van der Waals surface area contributed by atoms with Gasteiger partial charge in [0, 0.05) is 24.7 Å². The third kappa shape index (κ3) is 4.20. The second-order valence-corrected chi connectivity index (χ2v) is 7.46. The number of benzene rings is 1. The molecule has 24 heavy (non-hydrogen) atoms. The predicted octanol–water partition coefficient (Wildman–Crippen LogP) is 3.80. The minimum atomic E-state index is 0.228. The summed E-state index contributed by atoms with van der Waals surface area (Å²) in [5.41, 5.74) is 3.39. The lowest BCUT2D eigenvalue weighted by molar-refractivity contribution is -0.131. The fourth-order valence-electron chi connectivity index (χ4n) is 3.18. The van der Waals surface area contributed by atoms with Crippen LogP contribution in [0.2, 0.25) is 0 Å². The lowest BCUT2D eigenvalue weighted by Gasteiger charge is -2.33. The number of hydrogen-bond acceptors (Lipinski definition) is 3. The predicted molar refractivity (Wildman–Crippen MR) is 98.3 cm³/mol. The average Bonchev–Trinajstić information content (AvgIpc) is 2.94. The minimum Gasteiger partial charge on any atom is -0.339 e. The molecule has 1 atom stereocenters. The van der Waals surface area contributed by atoms with E-state index in [0.29, 0.717) is 11.8 Å². The molecule has 2 heterocycles. The number of H-pyrrole nitrogens is 1. The number of amides is 1. The van der Waals surface area contributed by atoms with E-state index in [9.17, 15) is 4.79 Å². The van der Waals surface area contributed by atoms with Crippen molar-refractivity contribution < 1.29 is 4.79 Å². The van der Waals surface area contributed by atoms with Crippen molar-refractivity contribution in [3.05, 3.63) is 47.3 Å². The molecule has 5 heteroatoms. The molecule has 0 radical (unpaired) electrons. The van der Waals surface area contributed by atoms with Crippen LogP contribution in [-0.2, 0) is 11.2 Å². The summed E-state index contributed by atoms with van der Waals surface area (Å²) < 4.78 is 0. The number of hydrogen-bond donors (Lipinski definition) is 1. The molecular weight excluding hydrogens is 318 g/mol. The molecule has 3 rings (SSSR count). The second-order valence-electron chi connectivity index (χ2n) is 6.50. The second kappa shape index (κ2) is 7.88. The molecule has 1 amide bonds. The smallest absolute Gasteiger partial charge is 0.233 e. The van der Waals surface area contributed by atoms with Crippen LogP contribution in [0.5, 0.6) is 0 Å². The van der Waals surface area contributed by atoms with Gasteiger partial charge in [0.15, 0.2) is 5.16 Å². The van der Waals surface area contributed by atoms with Gasteiger partial charge in [-0.3, -0.25) is 4.79 Å². The Balaban J connectivity index is 1.58. The van der Waals surface area contributed by atoms with Crippen LogP contribution in [0.1, 0.15) is 43.1 Å². The van der Waals surface area contributed by atoms with Gasteiger partial charge in [-0.2, -0.15) is 0 Å². The van der Waals surface area contributed by atoms with Gasteiger partial charge < -0.3 is 9.88 Å². The molecule has 0 saturated carbocycles. The number of nitrogens with zero attached hydrogens (tertiary/aromatic N) is 2. The zero-order chi connectivity index (χ0) is 16.9. The fourth-order valence-corrected chi connectivity index (χ4v) is 4.00. The number of piperidine rings is 1. The topological polar surface area (TPSA) is 49.0 Å². The number of carbonyl (C=O) groups excluding carboxylic acids is 1. The molecule has 1 N–H and O–H groups in total. The molecule has 0 bridgehead atoms. The van der Waals surface area contributed by atoms with Gasteiger partial charge in [0.25, 0.3) is 0 Å². The Morgan fingerprint density at radius 2 is 2.12 bits per heavy atom. The van der Waals surface area contributed by atoms with Crippen LogP contribution in [0, 0.1) is 6.92 Å². The number of carbonyl (C=O) groups is 1. The quantitative estimate of drug-likeness (QED) is 0.840. The number of likely N-dealkylation sites (tertiary alicyclic amines) is 1. The van der Waals surface area contributed by atoms with E-state index in [1.54, 1.807) is 0 Å². The number of thioether (sulfide) groups is 1. The number of rotatable bonds is 5. The molecule has 0 aliphatic carbocycles. The average molecular weight is 343 g/mol. The zero-order valence-electron chi connectivity index (χ0n) is 14.4. The largest absolute Gasteiger partial charge is 0.339 e. The summed E-state index contributed by atoms with van der Waals surface area (Å²) in [6.45, 7) is 5.09. The SMILES string of the molecule is Cc1[nH]c(SCC(=O)N2CCCCC2C)nc1Cc1ccccc1. The van der Waals surface area contributed by atoms with E-state index in [2.05, 4.69) is 29.0 Å². The van der Waals surface area contributed by atoms with Gasteiger partial charge in [-0.15, -0.1) is 0 Å². The minimum absolute atomic E-state index is 0.228. The Morgan fingerprint density at radius 3 is 2.88 bits per heavy atom. The van der Waals surface area contributed by atoms with E-state index in [4.69, 9.17) is 0 Å². The fraction of sp³-hybridized carbons (Fsp3) is 0.474. The standard InChI is InChI=1S/C19H25N3OS/c1-14-8-6-7-11-22(14)18(23)13-24-19-20-15(2)17(21-19)12-16-9-4-3-5-10-16/h3-5,9-10,14H,6-8,11-13H2,1-2H3,(H,20,21). The number of aryl methyl sites for hydroxylation is 1. The molecule has 128 valence electrons. The normalized spacial score (nSPS) is 17.9. The Bertz CT molecular complexity index is 683. The molecule has 1 unspecified atom stereocenters. The van der Waals surface area contributed by atoms with Gasteiger partial charge in [0.2, 0.25) is 5.91 Å². The van der Waals surface area contributed by atoms with Gasteiger partial charge in [-0.05, 0) is 38.7 Å². The highest BCUT2D eigenvalue weighted by molar-refractivity contribution is 7.99. The van der Waals surface area contributed by atoms with Crippen molar-refractivity contribution in [1.29, 1.82) is 0 Å². The monoisotopic (exact) mass is 343 g/mol. The first kappa shape index (κ1) is 17.1. The third-order valence-corrected chi connectivity index (χ3v) is 5.49. The van der Waals surface area contributed by atoms with E-state index in [0.717, 1.165) is 42.4 Å². The molecule has 0 spiro atoms. The van der Waals surface area contributed by atoms with Crippen molar-refractivity contribution in [1.82, 2.24) is 14.9 Å². The number of aromatic nitrogens is 2. The van der Waals surface area contributed by atoms with Crippen molar-refractivity contribution >= 4 is 17.7 Å². The van der Waals surface area contributed by atoms with Crippen LogP contribution in [0.15, 0.2) is 35.5 Å². The molecule has 1 fully saturated rings. The van der Waals surface area contributed by atoms with Crippen LogP contribution in [0.4, 0.5) is 0 Å². The van der Waals surface area contributed by atoms with Gasteiger partial charge in [0.1, 0.15) is 0 Å². The third-order valence-electron chi connectivity index (χ3n) is 4.63. The van der Waals surface area contributed by atoms with Crippen LogP contribution in [0.25, 0.3) is 0 Å². The van der Waals surface area contributed by atoms with E-state index >= 15 is 0 Å². The van der Waals surface area contributed by atoms with Crippen molar-refractivity contribution in [2.45, 2.75) is 50.7 Å². The highest BCUT2D eigenvalue weighted by atomic mass is 32.2. The van der Waals surface area contributed by atoms with E-state index in [1.807, 2.05) is 30.0 Å². The molecule has 2 aromatic rings. The summed E-state index contributed by atoms with van der Waals surface area (Å²) in [4.78, 5) is 22.4. The first-order chi connectivity index (χ1) is 11.6. The maximum Gasteiger partial charge on any atom is 0.233 e. The lowest BCUT2D eigenvalue weighted by atomic mass is 10.0. The lowest BCUT2D eigenvalue weighted by Crippen LogP contribution is -2.42. The number of aromatic amines is 1. The molecular formula is C19H25N3OS. The van der Waals surface area contributed by atoms with Gasteiger partial charge >= 0.3 is 0 Å². The van der Waals surface area contributed by atoms with Crippen LogP contribution >= 0.6 is 11.8 Å². The molecule has 1 aliphatic rings. The van der Waals surface area contributed by atoms with Crippen LogP contribution in [-0.4, -0.2) is 39.1 Å². The first-order valence-electron chi connectivity index (χ1n) is 8.65. The molecule has 4 nitrogen and oxygen atoms in total. The molecule has 1 aromatic heterocycles. The molecule has 1 saturated heterocycles. The van der Waals surface area contributed by atoms with E-state index in [1.165, 1.54) is 23.7 Å². The molecule has 1 aromatic carbocycles. The van der Waals surface area contributed by atoms with Crippen molar-refractivity contribution in [3.8, 4) is 0 Å². The number of imidazole rings is 1. The highest BCUT2D eigenvalue weighted by Gasteiger charge is 2.23.